The molecule has 1 aromatic carbocycles. The lowest BCUT2D eigenvalue weighted by molar-refractivity contribution is -0.136. The molecule has 0 unspecified atom stereocenters. The minimum Gasteiger partial charge on any atom is -0.491 e. The third-order valence-electron chi connectivity index (χ3n) is 5.96. The van der Waals surface area contributed by atoms with E-state index in [0.717, 1.165) is 29.1 Å². The lowest BCUT2D eigenvalue weighted by Gasteiger charge is -2.37. The van der Waals surface area contributed by atoms with Crippen LogP contribution in [-0.4, -0.2) is 66.9 Å². The van der Waals surface area contributed by atoms with Gasteiger partial charge in [0.15, 0.2) is 0 Å². The number of furan rings is 1. The van der Waals surface area contributed by atoms with E-state index in [0.29, 0.717) is 26.2 Å². The zero-order valence-electron chi connectivity index (χ0n) is 19.7. The van der Waals surface area contributed by atoms with Gasteiger partial charge < -0.3 is 23.9 Å². The molecule has 1 amide bonds. The van der Waals surface area contributed by atoms with Crippen LogP contribution in [-0.2, 0) is 22.5 Å². The Labute approximate surface area is 204 Å². The quantitative estimate of drug-likeness (QED) is 0.448. The summed E-state index contributed by atoms with van der Waals surface area (Å²) in [6.07, 6.45) is 1.75. The summed E-state index contributed by atoms with van der Waals surface area (Å²) in [5.74, 6) is 1.55. The molecule has 3 aromatic rings. The van der Waals surface area contributed by atoms with Gasteiger partial charge in [-0.3, -0.25) is 9.69 Å². The van der Waals surface area contributed by atoms with Crippen molar-refractivity contribution in [1.29, 1.82) is 0 Å². The van der Waals surface area contributed by atoms with Crippen LogP contribution in [0.4, 0.5) is 0 Å². The molecule has 0 radical (unpaired) electrons. The van der Waals surface area contributed by atoms with Crippen molar-refractivity contribution < 1.29 is 23.8 Å². The topological polar surface area (TPSA) is 75.4 Å². The van der Waals surface area contributed by atoms with Crippen molar-refractivity contribution >= 4 is 17.2 Å². The first-order valence-electron chi connectivity index (χ1n) is 11.5. The molecular formula is C26H32N2O5S. The molecule has 4 rings (SSSR count). The van der Waals surface area contributed by atoms with Gasteiger partial charge in [-0.2, -0.15) is 0 Å². The summed E-state index contributed by atoms with van der Waals surface area (Å²) in [5.41, 5.74) is 2.29. The second-order valence-electron chi connectivity index (χ2n) is 8.64. The number of hydrogen-bond acceptors (Lipinski definition) is 7. The maximum absolute atomic E-state index is 13.6. The third kappa shape index (κ3) is 6.27. The van der Waals surface area contributed by atoms with Crippen molar-refractivity contribution in [2.45, 2.75) is 32.0 Å². The highest BCUT2D eigenvalue weighted by atomic mass is 32.1. The molecule has 8 heteroatoms. The van der Waals surface area contributed by atoms with Crippen LogP contribution >= 0.6 is 11.3 Å². The monoisotopic (exact) mass is 484 g/mol. The standard InChI is InChI=1S/C26H32N2O5S/c1-19-5-3-6-21(13-19)33-18-24-23-9-12-34-25(23)8-10-28(24)26(30)16-27(14-20(29)17-31-2)15-22-7-4-11-32-22/h3-7,9,11-13,20,24,29H,8,10,14-18H2,1-2H3/t20-,24-/m0/s1. The third-order valence-corrected chi connectivity index (χ3v) is 6.96. The fourth-order valence-electron chi connectivity index (χ4n) is 4.39. The highest BCUT2D eigenvalue weighted by Crippen LogP contribution is 2.34. The number of nitrogens with zero attached hydrogens (tertiary/aromatic N) is 2. The molecule has 0 spiro atoms. The minimum absolute atomic E-state index is 0.00543. The van der Waals surface area contributed by atoms with E-state index in [4.69, 9.17) is 13.9 Å². The Bertz CT molecular complexity index is 1050. The van der Waals surface area contributed by atoms with Gasteiger partial charge in [0.1, 0.15) is 18.1 Å². The number of aliphatic hydroxyl groups excluding tert-OH is 1. The van der Waals surface area contributed by atoms with Gasteiger partial charge in [0.25, 0.3) is 0 Å². The number of aliphatic hydroxyl groups is 1. The maximum atomic E-state index is 13.6. The summed E-state index contributed by atoms with van der Waals surface area (Å²) in [6.45, 7) is 4.18. The fourth-order valence-corrected chi connectivity index (χ4v) is 5.32. The van der Waals surface area contributed by atoms with E-state index in [2.05, 4.69) is 11.4 Å². The van der Waals surface area contributed by atoms with Gasteiger partial charge in [-0.15, -0.1) is 11.3 Å². The van der Waals surface area contributed by atoms with Gasteiger partial charge in [0.05, 0.1) is 38.1 Å². The highest BCUT2D eigenvalue weighted by molar-refractivity contribution is 7.10. The number of thiophene rings is 1. The molecule has 0 saturated carbocycles. The summed E-state index contributed by atoms with van der Waals surface area (Å²) >= 11 is 1.73. The summed E-state index contributed by atoms with van der Waals surface area (Å²) in [6, 6.07) is 13.6. The molecule has 7 nitrogen and oxygen atoms in total. The largest absolute Gasteiger partial charge is 0.491 e. The molecule has 1 aliphatic heterocycles. The van der Waals surface area contributed by atoms with Gasteiger partial charge in [0, 0.05) is 25.1 Å². The van der Waals surface area contributed by atoms with Gasteiger partial charge in [0.2, 0.25) is 5.91 Å². The van der Waals surface area contributed by atoms with E-state index < -0.39 is 6.10 Å². The molecule has 2 aromatic heterocycles. The molecule has 1 aliphatic rings. The number of rotatable bonds is 11. The number of aryl methyl sites for hydroxylation is 1. The number of hydrogen-bond donors (Lipinski definition) is 1. The van der Waals surface area contributed by atoms with Crippen molar-refractivity contribution in [1.82, 2.24) is 9.80 Å². The smallest absolute Gasteiger partial charge is 0.237 e. The zero-order valence-corrected chi connectivity index (χ0v) is 20.5. The van der Waals surface area contributed by atoms with Crippen LogP contribution in [0, 0.1) is 6.92 Å². The highest BCUT2D eigenvalue weighted by Gasteiger charge is 2.33. The van der Waals surface area contributed by atoms with Gasteiger partial charge >= 0.3 is 0 Å². The Morgan fingerprint density at radius 3 is 2.97 bits per heavy atom. The number of benzene rings is 1. The van der Waals surface area contributed by atoms with Crippen molar-refractivity contribution in [3.05, 3.63) is 75.9 Å². The molecule has 0 bridgehead atoms. The van der Waals surface area contributed by atoms with Crippen LogP contribution in [0.1, 0.15) is 27.8 Å². The first-order valence-corrected chi connectivity index (χ1v) is 12.4. The predicted octanol–water partition coefficient (Wildman–Crippen LogP) is 3.66. The molecule has 2 atom stereocenters. The lowest BCUT2D eigenvalue weighted by atomic mass is 10.0. The average Bonchev–Trinajstić information content (AvgIpc) is 3.49. The Morgan fingerprint density at radius 2 is 2.21 bits per heavy atom. The Hall–Kier alpha value is -2.65. The summed E-state index contributed by atoms with van der Waals surface area (Å²) in [5, 5.41) is 12.4. The molecule has 0 saturated heterocycles. The summed E-state index contributed by atoms with van der Waals surface area (Å²) in [4.78, 5) is 18.7. The molecular weight excluding hydrogens is 452 g/mol. The van der Waals surface area contributed by atoms with Crippen molar-refractivity contribution in [2.24, 2.45) is 0 Å². The summed E-state index contributed by atoms with van der Waals surface area (Å²) < 4.78 is 16.7. The maximum Gasteiger partial charge on any atom is 0.237 e. The van der Waals surface area contributed by atoms with Crippen molar-refractivity contribution in [3.8, 4) is 5.75 Å². The number of amides is 1. The van der Waals surface area contributed by atoms with Crippen LogP contribution in [0.15, 0.2) is 58.5 Å². The van der Waals surface area contributed by atoms with Crippen LogP contribution < -0.4 is 4.74 Å². The van der Waals surface area contributed by atoms with Crippen LogP contribution in [0.25, 0.3) is 0 Å². The van der Waals surface area contributed by atoms with E-state index in [1.54, 1.807) is 24.7 Å². The van der Waals surface area contributed by atoms with Gasteiger partial charge in [-0.05, 0) is 60.2 Å². The normalized spacial score (nSPS) is 16.5. The molecule has 0 fully saturated rings. The molecule has 3 heterocycles. The Morgan fingerprint density at radius 1 is 1.32 bits per heavy atom. The van der Waals surface area contributed by atoms with E-state index in [9.17, 15) is 9.90 Å². The molecule has 34 heavy (non-hydrogen) atoms. The summed E-state index contributed by atoms with van der Waals surface area (Å²) in [7, 11) is 1.55. The lowest BCUT2D eigenvalue weighted by Crippen LogP contribution is -2.47. The Kier molecular flexibility index (Phi) is 8.39. The molecule has 1 N–H and O–H groups in total. The van der Waals surface area contributed by atoms with Crippen LogP contribution in [0.2, 0.25) is 0 Å². The first-order chi connectivity index (χ1) is 16.5. The van der Waals surface area contributed by atoms with E-state index in [1.807, 2.05) is 53.1 Å². The van der Waals surface area contributed by atoms with Crippen molar-refractivity contribution in [2.75, 3.05) is 40.0 Å². The Balaban J connectivity index is 1.48. The average molecular weight is 485 g/mol. The molecule has 0 aliphatic carbocycles. The first kappa shape index (κ1) is 24.5. The van der Waals surface area contributed by atoms with E-state index >= 15 is 0 Å². The van der Waals surface area contributed by atoms with Gasteiger partial charge in [-0.25, -0.2) is 0 Å². The number of ether oxygens (including phenoxy) is 2. The zero-order chi connectivity index (χ0) is 23.9. The second-order valence-corrected chi connectivity index (χ2v) is 9.64. The van der Waals surface area contributed by atoms with Gasteiger partial charge in [-0.1, -0.05) is 12.1 Å². The minimum atomic E-state index is -0.696. The fraction of sp³-hybridized carbons (Fsp3) is 0.423. The number of carbonyl (C=O) groups is 1. The van der Waals surface area contributed by atoms with Crippen LogP contribution in [0.5, 0.6) is 5.75 Å². The number of carbonyl (C=O) groups excluding carboxylic acids is 1. The predicted molar refractivity (Wildman–Crippen MR) is 131 cm³/mol. The van der Waals surface area contributed by atoms with Crippen molar-refractivity contribution in [3.63, 3.8) is 0 Å². The number of fused-ring (bicyclic) bond motifs is 1. The number of methoxy groups -OCH3 is 1. The second kappa shape index (κ2) is 11.7. The molecule has 182 valence electrons. The SMILES string of the molecule is COC[C@@H](O)CN(CC(=O)N1CCc2sccc2[C@@H]1COc1cccc(C)c1)Cc1ccco1. The van der Waals surface area contributed by atoms with Crippen LogP contribution in [0.3, 0.4) is 0 Å². The van der Waals surface area contributed by atoms with E-state index in [1.165, 1.54) is 4.88 Å². The van der Waals surface area contributed by atoms with E-state index in [-0.39, 0.29) is 25.1 Å².